The van der Waals surface area contributed by atoms with Gasteiger partial charge in [-0.25, -0.2) is 0 Å². The van der Waals surface area contributed by atoms with Crippen LogP contribution in [-0.4, -0.2) is 23.9 Å². The standard InChI is InChI=1S/C26H28N2O/c1-20-9-8-12-22(15-20)23-16-24(26(29)27-25-13-6-3-7-14-25)19-28(18-23)17-21-10-4-2-5-11-21/h2-15,23-24H,16-19H2,1H3,(H,27,29)/t23-,24-/m0/s1. The van der Waals surface area contributed by atoms with Gasteiger partial charge in [-0.15, -0.1) is 0 Å². The van der Waals surface area contributed by atoms with Gasteiger partial charge in [0.05, 0.1) is 5.92 Å². The SMILES string of the molecule is Cc1cccc([C@H]2C[C@H](C(=O)Nc3ccccc3)CN(Cc3ccccc3)C2)c1. The van der Waals surface area contributed by atoms with Crippen molar-refractivity contribution in [3.8, 4) is 0 Å². The predicted octanol–water partition coefficient (Wildman–Crippen LogP) is 5.24. The van der Waals surface area contributed by atoms with Crippen LogP contribution in [0.1, 0.15) is 29.0 Å². The molecule has 1 aliphatic rings. The number of amides is 1. The smallest absolute Gasteiger partial charge is 0.228 e. The van der Waals surface area contributed by atoms with Gasteiger partial charge in [-0.05, 0) is 42.5 Å². The second-order valence-corrected chi connectivity index (χ2v) is 8.08. The molecule has 1 heterocycles. The number of aryl methyl sites for hydroxylation is 1. The van der Waals surface area contributed by atoms with Gasteiger partial charge in [0.25, 0.3) is 0 Å². The van der Waals surface area contributed by atoms with Crippen LogP contribution in [0.2, 0.25) is 0 Å². The number of hydrogen-bond acceptors (Lipinski definition) is 2. The average molecular weight is 385 g/mol. The van der Waals surface area contributed by atoms with E-state index in [-0.39, 0.29) is 11.8 Å². The Morgan fingerprint density at radius 2 is 1.66 bits per heavy atom. The summed E-state index contributed by atoms with van der Waals surface area (Å²) < 4.78 is 0. The minimum Gasteiger partial charge on any atom is -0.326 e. The molecule has 29 heavy (non-hydrogen) atoms. The lowest BCUT2D eigenvalue weighted by Crippen LogP contribution is -2.43. The molecule has 1 aliphatic heterocycles. The van der Waals surface area contributed by atoms with E-state index >= 15 is 0 Å². The third kappa shape index (κ3) is 5.12. The van der Waals surface area contributed by atoms with Gasteiger partial charge in [0.1, 0.15) is 0 Å². The number of benzene rings is 3. The molecule has 0 unspecified atom stereocenters. The van der Waals surface area contributed by atoms with Crippen LogP contribution < -0.4 is 5.32 Å². The summed E-state index contributed by atoms with van der Waals surface area (Å²) in [7, 11) is 0. The van der Waals surface area contributed by atoms with Gasteiger partial charge >= 0.3 is 0 Å². The lowest BCUT2D eigenvalue weighted by molar-refractivity contribution is -0.121. The molecule has 0 aliphatic carbocycles. The van der Waals surface area contributed by atoms with Crippen molar-refractivity contribution in [3.05, 3.63) is 102 Å². The van der Waals surface area contributed by atoms with Crippen LogP contribution in [0.25, 0.3) is 0 Å². The van der Waals surface area contributed by atoms with E-state index in [4.69, 9.17) is 0 Å². The fourth-order valence-corrected chi connectivity index (χ4v) is 4.28. The van der Waals surface area contributed by atoms with Crippen molar-refractivity contribution < 1.29 is 4.79 Å². The van der Waals surface area contributed by atoms with Crippen molar-refractivity contribution in [1.29, 1.82) is 0 Å². The number of piperidine rings is 1. The van der Waals surface area contributed by atoms with Gasteiger partial charge in [0.2, 0.25) is 5.91 Å². The summed E-state index contributed by atoms with van der Waals surface area (Å²) >= 11 is 0. The Morgan fingerprint density at radius 3 is 2.38 bits per heavy atom. The zero-order valence-electron chi connectivity index (χ0n) is 16.9. The monoisotopic (exact) mass is 384 g/mol. The highest BCUT2D eigenvalue weighted by molar-refractivity contribution is 5.92. The van der Waals surface area contributed by atoms with E-state index < -0.39 is 0 Å². The highest BCUT2D eigenvalue weighted by Crippen LogP contribution is 2.32. The molecule has 0 bridgehead atoms. The summed E-state index contributed by atoms with van der Waals surface area (Å²) in [5.41, 5.74) is 4.76. The quantitative estimate of drug-likeness (QED) is 0.652. The molecular formula is C26H28N2O. The average Bonchev–Trinajstić information content (AvgIpc) is 2.75. The van der Waals surface area contributed by atoms with Crippen LogP contribution in [0, 0.1) is 12.8 Å². The minimum atomic E-state index is -0.0295. The van der Waals surface area contributed by atoms with Crippen LogP contribution in [-0.2, 0) is 11.3 Å². The van der Waals surface area contributed by atoms with Crippen molar-refractivity contribution in [3.63, 3.8) is 0 Å². The Morgan fingerprint density at radius 1 is 0.931 bits per heavy atom. The molecule has 0 radical (unpaired) electrons. The van der Waals surface area contributed by atoms with Gasteiger partial charge < -0.3 is 5.32 Å². The molecule has 0 saturated carbocycles. The molecule has 1 saturated heterocycles. The molecule has 3 heteroatoms. The Kier molecular flexibility index (Phi) is 6.06. The molecule has 3 aromatic carbocycles. The molecular weight excluding hydrogens is 356 g/mol. The minimum absolute atomic E-state index is 0.0295. The number of likely N-dealkylation sites (tertiary alicyclic amines) is 1. The van der Waals surface area contributed by atoms with Crippen molar-refractivity contribution in [1.82, 2.24) is 4.90 Å². The van der Waals surface area contributed by atoms with Crippen molar-refractivity contribution >= 4 is 11.6 Å². The maximum atomic E-state index is 13.1. The highest BCUT2D eigenvalue weighted by atomic mass is 16.1. The molecule has 1 fully saturated rings. The van der Waals surface area contributed by atoms with Gasteiger partial charge in [-0.2, -0.15) is 0 Å². The number of anilines is 1. The van der Waals surface area contributed by atoms with E-state index in [9.17, 15) is 4.79 Å². The highest BCUT2D eigenvalue weighted by Gasteiger charge is 2.32. The normalized spacial score (nSPS) is 19.6. The molecule has 3 nitrogen and oxygen atoms in total. The van der Waals surface area contributed by atoms with Gasteiger partial charge in [-0.1, -0.05) is 78.4 Å². The second kappa shape index (κ2) is 9.06. The lowest BCUT2D eigenvalue weighted by atomic mass is 9.83. The Labute approximate surface area is 173 Å². The molecule has 1 amide bonds. The zero-order valence-corrected chi connectivity index (χ0v) is 16.9. The fraction of sp³-hybridized carbons (Fsp3) is 0.269. The molecule has 2 atom stereocenters. The summed E-state index contributed by atoms with van der Waals surface area (Å²) in [6.45, 7) is 4.77. The molecule has 0 spiro atoms. The molecule has 148 valence electrons. The third-order valence-electron chi connectivity index (χ3n) is 5.70. The number of carbonyl (C=O) groups is 1. The van der Waals surface area contributed by atoms with Crippen LogP contribution in [0.3, 0.4) is 0 Å². The number of carbonyl (C=O) groups excluding carboxylic acids is 1. The zero-order chi connectivity index (χ0) is 20.1. The predicted molar refractivity (Wildman–Crippen MR) is 119 cm³/mol. The first kappa shape index (κ1) is 19.4. The van der Waals surface area contributed by atoms with Crippen molar-refractivity contribution in [2.24, 2.45) is 5.92 Å². The maximum Gasteiger partial charge on any atom is 0.228 e. The van der Waals surface area contributed by atoms with Crippen LogP contribution >= 0.6 is 0 Å². The van der Waals surface area contributed by atoms with Crippen LogP contribution in [0.5, 0.6) is 0 Å². The molecule has 4 rings (SSSR count). The molecule has 3 aromatic rings. The van der Waals surface area contributed by atoms with E-state index in [0.717, 1.165) is 31.7 Å². The van der Waals surface area contributed by atoms with Crippen LogP contribution in [0.15, 0.2) is 84.9 Å². The number of nitrogens with one attached hydrogen (secondary N) is 1. The first-order valence-corrected chi connectivity index (χ1v) is 10.4. The Hall–Kier alpha value is -2.91. The largest absolute Gasteiger partial charge is 0.326 e. The second-order valence-electron chi connectivity index (χ2n) is 8.08. The van der Waals surface area contributed by atoms with Crippen molar-refractivity contribution in [2.75, 3.05) is 18.4 Å². The van der Waals surface area contributed by atoms with E-state index in [1.54, 1.807) is 0 Å². The first-order chi connectivity index (χ1) is 14.2. The van der Waals surface area contributed by atoms with Crippen molar-refractivity contribution in [2.45, 2.75) is 25.8 Å². The maximum absolute atomic E-state index is 13.1. The number of nitrogens with zero attached hydrogens (tertiary/aromatic N) is 1. The van der Waals surface area contributed by atoms with Gasteiger partial charge in [0, 0.05) is 25.3 Å². The summed E-state index contributed by atoms with van der Waals surface area (Å²) in [4.78, 5) is 15.5. The summed E-state index contributed by atoms with van der Waals surface area (Å²) in [6, 6.07) is 29.0. The number of hydrogen-bond donors (Lipinski definition) is 1. The van der Waals surface area contributed by atoms with Gasteiger partial charge in [0.15, 0.2) is 0 Å². The van der Waals surface area contributed by atoms with Gasteiger partial charge in [-0.3, -0.25) is 9.69 Å². The molecule has 1 N–H and O–H groups in total. The Bertz CT molecular complexity index is 939. The summed E-state index contributed by atoms with van der Waals surface area (Å²) in [6.07, 6.45) is 0.882. The van der Waals surface area contributed by atoms with Crippen LogP contribution in [0.4, 0.5) is 5.69 Å². The molecule has 0 aromatic heterocycles. The Balaban J connectivity index is 1.54. The van der Waals surface area contributed by atoms with E-state index in [0.29, 0.717) is 5.92 Å². The third-order valence-corrected chi connectivity index (χ3v) is 5.70. The lowest BCUT2D eigenvalue weighted by Gasteiger charge is -2.37. The van der Waals surface area contributed by atoms with E-state index in [2.05, 4.69) is 65.7 Å². The topological polar surface area (TPSA) is 32.3 Å². The number of rotatable bonds is 5. The summed E-state index contributed by atoms with van der Waals surface area (Å²) in [5.74, 6) is 0.448. The van der Waals surface area contributed by atoms with E-state index in [1.807, 2.05) is 36.4 Å². The fourth-order valence-electron chi connectivity index (χ4n) is 4.28. The van der Waals surface area contributed by atoms with E-state index in [1.165, 1.54) is 16.7 Å². The summed E-state index contributed by atoms with van der Waals surface area (Å²) in [5, 5.41) is 3.11. The first-order valence-electron chi connectivity index (χ1n) is 10.4. The number of para-hydroxylation sites is 1.